The van der Waals surface area contributed by atoms with Crippen molar-refractivity contribution in [2.75, 3.05) is 6.61 Å². The van der Waals surface area contributed by atoms with E-state index in [1.165, 1.54) is 69.6 Å². The number of nitro groups is 1. The van der Waals surface area contributed by atoms with Gasteiger partial charge in [-0.05, 0) is 25.0 Å². The van der Waals surface area contributed by atoms with Crippen LogP contribution in [0.25, 0.3) is 5.69 Å². The molecule has 160 valence electrons. The Balaban J connectivity index is 1.72. The van der Waals surface area contributed by atoms with Crippen molar-refractivity contribution in [3.63, 3.8) is 0 Å². The minimum absolute atomic E-state index is 0.0415. The van der Waals surface area contributed by atoms with Gasteiger partial charge in [0, 0.05) is 12.1 Å². The number of non-ortho nitro benzene ring substituents is 1. The fourth-order valence-corrected chi connectivity index (χ4v) is 3.21. The van der Waals surface area contributed by atoms with Crippen LogP contribution in [0, 0.1) is 17.0 Å². The normalized spacial score (nSPS) is 11.0. The predicted molar refractivity (Wildman–Crippen MR) is 111 cm³/mol. The quantitative estimate of drug-likeness (QED) is 0.239. The number of unbranched alkanes of at least 4 members (excludes halogenated alkanes) is 9. The summed E-state index contributed by atoms with van der Waals surface area (Å²) in [5.74, 6) is -0.681. The summed E-state index contributed by atoms with van der Waals surface area (Å²) in [6.45, 7) is 4.35. The highest BCUT2D eigenvalue weighted by Gasteiger charge is 2.15. The summed E-state index contributed by atoms with van der Waals surface area (Å²) >= 11 is 0. The van der Waals surface area contributed by atoms with Gasteiger partial charge in [0.15, 0.2) is 0 Å². The van der Waals surface area contributed by atoms with Crippen LogP contribution >= 0.6 is 0 Å². The topological polar surface area (TPSA) is 100 Å². The number of nitrogens with zero attached hydrogens (tertiary/aromatic N) is 3. The molecule has 2 rings (SSSR count). The zero-order chi connectivity index (χ0) is 21.1. The smallest absolute Gasteiger partial charge is 0.444 e. The molecule has 0 saturated heterocycles. The van der Waals surface area contributed by atoms with Crippen molar-refractivity contribution < 1.29 is 14.1 Å². The van der Waals surface area contributed by atoms with Crippen LogP contribution < -0.4 is 10.5 Å². The molecule has 0 unspecified atom stereocenters. The Labute approximate surface area is 171 Å². The average molecular weight is 405 g/mol. The molecule has 0 bridgehead atoms. The van der Waals surface area contributed by atoms with E-state index in [1.807, 2.05) is 0 Å². The van der Waals surface area contributed by atoms with E-state index < -0.39 is 10.7 Å². The summed E-state index contributed by atoms with van der Waals surface area (Å²) in [5.41, 5.74) is 0.939. The number of nitro benzene ring substituents is 1. The van der Waals surface area contributed by atoms with Gasteiger partial charge in [-0.3, -0.25) is 10.1 Å². The average Bonchev–Trinajstić information content (AvgIpc) is 3.06. The van der Waals surface area contributed by atoms with Crippen molar-refractivity contribution >= 4 is 5.69 Å². The summed E-state index contributed by atoms with van der Waals surface area (Å²) in [5, 5.41) is 14.9. The molecule has 1 heterocycles. The Kier molecular flexibility index (Phi) is 9.40. The number of aromatic nitrogens is 2. The Hall–Kier alpha value is -2.64. The molecule has 2 aromatic rings. The number of hydrogen-bond donors (Lipinski definition) is 0. The molecule has 0 fully saturated rings. The molecule has 0 aliphatic heterocycles. The second-order valence-electron chi connectivity index (χ2n) is 7.30. The zero-order valence-electron chi connectivity index (χ0n) is 17.4. The lowest BCUT2D eigenvalue weighted by Gasteiger charge is -2.03. The molecule has 0 aliphatic carbocycles. The van der Waals surface area contributed by atoms with Crippen LogP contribution in [-0.4, -0.2) is 21.3 Å². The molecule has 0 atom stereocenters. The standard InChI is InChI=1S/C21H31N3O5/c1-3-4-5-6-7-8-9-10-11-12-15-28-20-22-23(21(25)29-20)19-14-13-18(24(26)27)16-17(19)2/h13-14,16H,3-12,15H2,1-2H3. The predicted octanol–water partition coefficient (Wildman–Crippen LogP) is 5.34. The molecule has 0 amide bonds. The number of ether oxygens (including phenoxy) is 1. The number of aryl methyl sites for hydroxylation is 1. The van der Waals surface area contributed by atoms with Gasteiger partial charge < -0.3 is 9.15 Å². The molecule has 8 heteroatoms. The van der Waals surface area contributed by atoms with Crippen LogP contribution in [0.3, 0.4) is 0 Å². The molecule has 0 radical (unpaired) electrons. The van der Waals surface area contributed by atoms with E-state index in [4.69, 9.17) is 9.15 Å². The van der Waals surface area contributed by atoms with Crippen molar-refractivity contribution in [1.29, 1.82) is 0 Å². The SMILES string of the molecule is CCCCCCCCCCCCOc1nn(-c2ccc([N+](=O)[O-])cc2C)c(=O)o1. The van der Waals surface area contributed by atoms with Crippen molar-refractivity contribution in [2.45, 2.75) is 78.1 Å². The molecule has 0 aliphatic rings. The van der Waals surface area contributed by atoms with Gasteiger partial charge in [-0.25, -0.2) is 4.79 Å². The summed E-state index contributed by atoms with van der Waals surface area (Å²) in [6.07, 6.45) is 12.2. The molecule has 1 aromatic heterocycles. The second-order valence-corrected chi connectivity index (χ2v) is 7.30. The minimum Gasteiger partial charge on any atom is -0.449 e. The van der Waals surface area contributed by atoms with Gasteiger partial charge in [0.1, 0.15) is 0 Å². The maximum atomic E-state index is 12.0. The second kappa shape index (κ2) is 12.0. The molecule has 0 saturated carbocycles. The van der Waals surface area contributed by atoms with Crippen molar-refractivity contribution in [3.8, 4) is 11.8 Å². The van der Waals surface area contributed by atoms with E-state index in [-0.39, 0.29) is 11.8 Å². The van der Waals surface area contributed by atoms with Gasteiger partial charge in [0.05, 0.1) is 17.2 Å². The maximum Gasteiger partial charge on any atom is 0.444 e. The highest BCUT2D eigenvalue weighted by atomic mass is 16.6. The molecule has 29 heavy (non-hydrogen) atoms. The van der Waals surface area contributed by atoms with Crippen LogP contribution in [-0.2, 0) is 0 Å². The summed E-state index contributed by atoms with van der Waals surface area (Å²) in [4.78, 5) is 22.4. The van der Waals surface area contributed by atoms with Crippen molar-refractivity contribution in [2.24, 2.45) is 0 Å². The molecule has 0 N–H and O–H groups in total. The van der Waals surface area contributed by atoms with Gasteiger partial charge in [0.2, 0.25) is 0 Å². The van der Waals surface area contributed by atoms with E-state index in [0.29, 0.717) is 17.9 Å². The van der Waals surface area contributed by atoms with Gasteiger partial charge in [0.25, 0.3) is 5.69 Å². The van der Waals surface area contributed by atoms with Crippen molar-refractivity contribution in [1.82, 2.24) is 9.78 Å². The third-order valence-electron chi connectivity index (χ3n) is 4.87. The highest BCUT2D eigenvalue weighted by Crippen LogP contribution is 2.20. The Morgan fingerprint density at radius 1 is 1.07 bits per heavy atom. The van der Waals surface area contributed by atoms with Crippen LogP contribution in [0.4, 0.5) is 5.69 Å². The van der Waals surface area contributed by atoms with E-state index in [9.17, 15) is 14.9 Å². The third-order valence-corrected chi connectivity index (χ3v) is 4.87. The number of benzene rings is 1. The summed E-state index contributed by atoms with van der Waals surface area (Å²) < 4.78 is 11.6. The Morgan fingerprint density at radius 2 is 1.69 bits per heavy atom. The lowest BCUT2D eigenvalue weighted by atomic mass is 10.1. The first-order valence-corrected chi connectivity index (χ1v) is 10.5. The molecular weight excluding hydrogens is 374 g/mol. The largest absolute Gasteiger partial charge is 0.449 e. The first kappa shape index (κ1) is 22.6. The van der Waals surface area contributed by atoms with E-state index in [1.54, 1.807) is 6.92 Å². The van der Waals surface area contributed by atoms with Crippen molar-refractivity contribution in [3.05, 3.63) is 44.4 Å². The van der Waals surface area contributed by atoms with E-state index in [0.717, 1.165) is 17.5 Å². The first-order chi connectivity index (χ1) is 14.0. The van der Waals surface area contributed by atoms with Gasteiger partial charge in [-0.15, -0.1) is 0 Å². The van der Waals surface area contributed by atoms with Gasteiger partial charge in [-0.2, -0.15) is 4.68 Å². The lowest BCUT2D eigenvalue weighted by molar-refractivity contribution is -0.384. The van der Waals surface area contributed by atoms with Crippen LogP contribution in [0.5, 0.6) is 6.08 Å². The molecular formula is C21H31N3O5. The highest BCUT2D eigenvalue weighted by molar-refractivity contribution is 5.47. The van der Waals surface area contributed by atoms with Crippen LogP contribution in [0.1, 0.15) is 76.7 Å². The Bertz CT molecular complexity index is 828. The van der Waals surface area contributed by atoms with Crippen LogP contribution in [0.2, 0.25) is 0 Å². The summed E-state index contributed by atoms with van der Waals surface area (Å²) in [7, 11) is 0. The van der Waals surface area contributed by atoms with E-state index in [2.05, 4.69) is 12.0 Å². The monoisotopic (exact) mass is 405 g/mol. The zero-order valence-corrected chi connectivity index (χ0v) is 17.4. The lowest BCUT2D eigenvalue weighted by Crippen LogP contribution is -2.14. The Morgan fingerprint density at radius 3 is 2.28 bits per heavy atom. The third kappa shape index (κ3) is 7.36. The molecule has 8 nitrogen and oxygen atoms in total. The first-order valence-electron chi connectivity index (χ1n) is 10.5. The maximum absolute atomic E-state index is 12.0. The number of hydrogen-bond acceptors (Lipinski definition) is 6. The van der Waals surface area contributed by atoms with Gasteiger partial charge >= 0.3 is 11.8 Å². The molecule has 0 spiro atoms. The fourth-order valence-electron chi connectivity index (χ4n) is 3.21. The fraction of sp³-hybridized carbons (Fsp3) is 0.619. The summed E-state index contributed by atoms with van der Waals surface area (Å²) in [6, 6.07) is 4.19. The number of rotatable bonds is 14. The van der Waals surface area contributed by atoms with E-state index >= 15 is 0 Å². The molecule has 1 aromatic carbocycles. The van der Waals surface area contributed by atoms with Crippen LogP contribution in [0.15, 0.2) is 27.4 Å². The van der Waals surface area contributed by atoms with Gasteiger partial charge in [-0.1, -0.05) is 69.8 Å². The minimum atomic E-state index is -0.681.